The summed E-state index contributed by atoms with van der Waals surface area (Å²) in [4.78, 5) is 22.4. The van der Waals surface area contributed by atoms with Gasteiger partial charge in [-0.2, -0.15) is 0 Å². The van der Waals surface area contributed by atoms with Crippen LogP contribution < -0.4 is 5.32 Å². The average molecular weight is 265 g/mol. The van der Waals surface area contributed by atoms with E-state index in [1.165, 1.54) is 24.3 Å². The lowest BCUT2D eigenvalue weighted by molar-refractivity contribution is 0.0696. The normalized spacial score (nSPS) is 10.5. The summed E-state index contributed by atoms with van der Waals surface area (Å²) in [6.45, 7) is 5.69. The van der Waals surface area contributed by atoms with Gasteiger partial charge < -0.3 is 15.2 Å². The van der Waals surface area contributed by atoms with Gasteiger partial charge in [0.15, 0.2) is 0 Å². The van der Waals surface area contributed by atoms with E-state index >= 15 is 0 Å². The molecule has 0 fully saturated rings. The highest BCUT2D eigenvalue weighted by atomic mass is 16.5. The molecule has 5 nitrogen and oxygen atoms in total. The Morgan fingerprint density at radius 1 is 1.21 bits per heavy atom. The van der Waals surface area contributed by atoms with Gasteiger partial charge in [-0.05, 0) is 30.2 Å². The number of carbonyl (C=O) groups is 2. The fourth-order valence-electron chi connectivity index (χ4n) is 1.42. The van der Waals surface area contributed by atoms with Crippen molar-refractivity contribution in [3.05, 3.63) is 35.4 Å². The van der Waals surface area contributed by atoms with E-state index in [0.29, 0.717) is 31.2 Å². The van der Waals surface area contributed by atoms with Gasteiger partial charge in [-0.1, -0.05) is 13.8 Å². The van der Waals surface area contributed by atoms with Crippen LogP contribution in [0.1, 0.15) is 34.6 Å². The van der Waals surface area contributed by atoms with Crippen molar-refractivity contribution in [2.24, 2.45) is 5.92 Å². The first-order chi connectivity index (χ1) is 9.00. The third-order valence-electron chi connectivity index (χ3n) is 2.38. The minimum absolute atomic E-state index is 0.164. The molecule has 0 aliphatic rings. The van der Waals surface area contributed by atoms with Crippen LogP contribution in [0.5, 0.6) is 0 Å². The second-order valence-electron chi connectivity index (χ2n) is 4.61. The molecule has 0 saturated heterocycles. The van der Waals surface area contributed by atoms with Crippen molar-refractivity contribution in [2.75, 3.05) is 19.8 Å². The Hall–Kier alpha value is -1.88. The zero-order valence-electron chi connectivity index (χ0n) is 11.2. The Kier molecular flexibility index (Phi) is 6.02. The van der Waals surface area contributed by atoms with Crippen molar-refractivity contribution in [1.82, 2.24) is 5.32 Å². The second kappa shape index (κ2) is 7.53. The number of carbonyl (C=O) groups excluding carboxylic acids is 1. The fourth-order valence-corrected chi connectivity index (χ4v) is 1.42. The monoisotopic (exact) mass is 265 g/mol. The van der Waals surface area contributed by atoms with Gasteiger partial charge in [-0.3, -0.25) is 4.79 Å². The highest BCUT2D eigenvalue weighted by Gasteiger charge is 2.07. The van der Waals surface area contributed by atoms with Crippen LogP contribution in [0.3, 0.4) is 0 Å². The smallest absolute Gasteiger partial charge is 0.335 e. The number of aromatic carboxylic acids is 1. The lowest BCUT2D eigenvalue weighted by Crippen LogP contribution is -2.27. The van der Waals surface area contributed by atoms with Gasteiger partial charge in [0, 0.05) is 18.7 Å². The van der Waals surface area contributed by atoms with Crippen LogP contribution in [0.25, 0.3) is 0 Å². The van der Waals surface area contributed by atoms with Gasteiger partial charge in [-0.15, -0.1) is 0 Å². The molecule has 0 aromatic heterocycles. The number of benzene rings is 1. The van der Waals surface area contributed by atoms with E-state index in [1.807, 2.05) is 0 Å². The SMILES string of the molecule is CC(C)COCCNC(=O)c1ccc(C(=O)O)cc1. The number of hydrogen-bond acceptors (Lipinski definition) is 3. The lowest BCUT2D eigenvalue weighted by atomic mass is 10.1. The standard InChI is InChI=1S/C14H19NO4/c1-10(2)9-19-8-7-15-13(16)11-3-5-12(6-4-11)14(17)18/h3-6,10H,7-9H2,1-2H3,(H,15,16)(H,17,18). The molecule has 1 rings (SSSR count). The van der Waals surface area contributed by atoms with E-state index in [4.69, 9.17) is 9.84 Å². The Morgan fingerprint density at radius 3 is 2.32 bits per heavy atom. The molecule has 0 saturated carbocycles. The topological polar surface area (TPSA) is 75.6 Å². The second-order valence-corrected chi connectivity index (χ2v) is 4.61. The predicted molar refractivity (Wildman–Crippen MR) is 71.4 cm³/mol. The Balaban J connectivity index is 2.35. The van der Waals surface area contributed by atoms with E-state index < -0.39 is 5.97 Å². The molecular formula is C14H19NO4. The molecule has 5 heteroatoms. The summed E-state index contributed by atoms with van der Waals surface area (Å²) in [5, 5.41) is 11.5. The van der Waals surface area contributed by atoms with E-state index in [9.17, 15) is 9.59 Å². The van der Waals surface area contributed by atoms with E-state index in [1.54, 1.807) is 0 Å². The minimum Gasteiger partial charge on any atom is -0.478 e. The van der Waals surface area contributed by atoms with Crippen LogP contribution in [0.15, 0.2) is 24.3 Å². The summed E-state index contributed by atoms with van der Waals surface area (Å²) in [7, 11) is 0. The third kappa shape index (κ3) is 5.52. The third-order valence-corrected chi connectivity index (χ3v) is 2.38. The van der Waals surface area contributed by atoms with E-state index in [0.717, 1.165) is 0 Å². The summed E-state index contributed by atoms with van der Waals surface area (Å²) in [5.74, 6) is -0.765. The molecule has 1 aromatic rings. The van der Waals surface area contributed by atoms with Gasteiger partial charge in [0.2, 0.25) is 0 Å². The maximum Gasteiger partial charge on any atom is 0.335 e. The molecule has 19 heavy (non-hydrogen) atoms. The van der Waals surface area contributed by atoms with Crippen molar-refractivity contribution in [3.8, 4) is 0 Å². The molecule has 1 aromatic carbocycles. The highest BCUT2D eigenvalue weighted by molar-refractivity contribution is 5.95. The molecule has 0 bridgehead atoms. The highest BCUT2D eigenvalue weighted by Crippen LogP contribution is 2.04. The largest absolute Gasteiger partial charge is 0.478 e. The number of ether oxygens (including phenoxy) is 1. The van der Waals surface area contributed by atoms with E-state index in [-0.39, 0.29) is 11.5 Å². The number of carboxylic acids is 1. The fraction of sp³-hybridized carbons (Fsp3) is 0.429. The molecule has 104 valence electrons. The molecule has 0 radical (unpaired) electrons. The summed E-state index contributed by atoms with van der Waals surface area (Å²) in [6.07, 6.45) is 0. The first kappa shape index (κ1) is 15.2. The number of rotatable bonds is 7. The molecule has 0 aliphatic carbocycles. The summed E-state index contributed by atoms with van der Waals surface area (Å²) >= 11 is 0. The minimum atomic E-state index is -1.01. The number of carboxylic acid groups (broad SMARTS) is 1. The Bertz CT molecular complexity index is 426. The average Bonchev–Trinajstić information content (AvgIpc) is 2.37. The van der Waals surface area contributed by atoms with Crippen LogP contribution in [0.4, 0.5) is 0 Å². The van der Waals surface area contributed by atoms with Crippen LogP contribution in [-0.4, -0.2) is 36.7 Å². The van der Waals surface area contributed by atoms with Gasteiger partial charge in [0.1, 0.15) is 0 Å². The molecular weight excluding hydrogens is 246 g/mol. The summed E-state index contributed by atoms with van der Waals surface area (Å²) in [5.41, 5.74) is 0.602. The van der Waals surface area contributed by atoms with Crippen LogP contribution in [0, 0.1) is 5.92 Å². The molecule has 2 N–H and O–H groups in total. The maximum atomic E-state index is 11.7. The quantitative estimate of drug-likeness (QED) is 0.737. The first-order valence-electron chi connectivity index (χ1n) is 6.20. The molecule has 0 heterocycles. The summed E-state index contributed by atoms with van der Waals surface area (Å²) in [6, 6.07) is 5.81. The number of amides is 1. The lowest BCUT2D eigenvalue weighted by Gasteiger charge is -2.08. The zero-order valence-corrected chi connectivity index (χ0v) is 11.2. The maximum absolute atomic E-state index is 11.7. The van der Waals surface area contributed by atoms with Gasteiger partial charge in [-0.25, -0.2) is 4.79 Å². The van der Waals surface area contributed by atoms with E-state index in [2.05, 4.69) is 19.2 Å². The van der Waals surface area contributed by atoms with Gasteiger partial charge in [0.25, 0.3) is 5.91 Å². The number of nitrogens with one attached hydrogen (secondary N) is 1. The first-order valence-corrected chi connectivity index (χ1v) is 6.20. The predicted octanol–water partition coefficient (Wildman–Crippen LogP) is 1.79. The van der Waals surface area contributed by atoms with Crippen molar-refractivity contribution in [2.45, 2.75) is 13.8 Å². The van der Waals surface area contributed by atoms with Crippen molar-refractivity contribution in [1.29, 1.82) is 0 Å². The van der Waals surface area contributed by atoms with Crippen LogP contribution in [-0.2, 0) is 4.74 Å². The Labute approximate surface area is 112 Å². The Morgan fingerprint density at radius 2 is 1.79 bits per heavy atom. The van der Waals surface area contributed by atoms with Crippen LogP contribution >= 0.6 is 0 Å². The van der Waals surface area contributed by atoms with Gasteiger partial charge in [0.05, 0.1) is 12.2 Å². The van der Waals surface area contributed by atoms with Crippen molar-refractivity contribution in [3.63, 3.8) is 0 Å². The molecule has 1 amide bonds. The summed E-state index contributed by atoms with van der Waals surface area (Å²) < 4.78 is 5.34. The number of hydrogen-bond donors (Lipinski definition) is 2. The molecule has 0 spiro atoms. The van der Waals surface area contributed by atoms with Crippen LogP contribution in [0.2, 0.25) is 0 Å². The molecule has 0 aliphatic heterocycles. The molecule has 0 unspecified atom stereocenters. The zero-order chi connectivity index (χ0) is 14.3. The van der Waals surface area contributed by atoms with Crippen molar-refractivity contribution >= 4 is 11.9 Å². The van der Waals surface area contributed by atoms with Crippen molar-refractivity contribution < 1.29 is 19.4 Å². The van der Waals surface area contributed by atoms with Gasteiger partial charge >= 0.3 is 5.97 Å². The molecule has 0 atom stereocenters.